The number of esters is 1. The maximum Gasteiger partial charge on any atom is 0.337 e. The molecule has 0 spiro atoms. The zero-order valence-corrected chi connectivity index (χ0v) is 13.4. The van der Waals surface area contributed by atoms with Crippen molar-refractivity contribution in [3.05, 3.63) is 72.3 Å². The van der Waals surface area contributed by atoms with Crippen LogP contribution in [0.4, 0.5) is 27.4 Å². The summed E-state index contributed by atoms with van der Waals surface area (Å²) in [5.74, 6) is 0.376. The number of carbonyl (C=O) groups is 1. The van der Waals surface area contributed by atoms with Crippen molar-refractivity contribution >= 4 is 29.0 Å². The van der Waals surface area contributed by atoms with E-state index in [0.717, 1.165) is 0 Å². The first-order chi connectivity index (χ1) is 12.1. The van der Waals surface area contributed by atoms with Crippen LogP contribution in [0.3, 0.4) is 0 Å². The third kappa shape index (κ3) is 4.29. The van der Waals surface area contributed by atoms with Gasteiger partial charge in [0.05, 0.1) is 12.7 Å². The summed E-state index contributed by atoms with van der Waals surface area (Å²) in [6.45, 7) is 0. The molecule has 0 unspecified atom stereocenters. The van der Waals surface area contributed by atoms with Crippen molar-refractivity contribution in [2.45, 2.75) is 0 Å². The number of halogens is 1. The molecular weight excluding hydrogens is 323 g/mol. The topological polar surface area (TPSA) is 76.1 Å². The van der Waals surface area contributed by atoms with Gasteiger partial charge in [0.15, 0.2) is 0 Å². The molecule has 0 bridgehead atoms. The minimum atomic E-state index is -0.412. The Morgan fingerprint density at radius 1 is 0.960 bits per heavy atom. The molecule has 1 heterocycles. The molecule has 0 aliphatic carbocycles. The maximum absolute atomic E-state index is 13.0. The number of aromatic nitrogens is 2. The van der Waals surface area contributed by atoms with Gasteiger partial charge in [-0.1, -0.05) is 6.07 Å². The van der Waals surface area contributed by atoms with E-state index in [2.05, 4.69) is 20.6 Å². The Bertz CT molecular complexity index is 884. The van der Waals surface area contributed by atoms with Gasteiger partial charge >= 0.3 is 5.97 Å². The molecule has 1 aromatic heterocycles. The summed E-state index contributed by atoms with van der Waals surface area (Å²) in [6.07, 6.45) is 1.40. The molecule has 0 atom stereocenters. The zero-order chi connectivity index (χ0) is 17.6. The van der Waals surface area contributed by atoms with E-state index in [9.17, 15) is 9.18 Å². The average molecular weight is 338 g/mol. The molecule has 25 heavy (non-hydrogen) atoms. The molecule has 6 nitrogen and oxygen atoms in total. The largest absolute Gasteiger partial charge is 0.465 e. The molecule has 3 aromatic rings. The summed E-state index contributed by atoms with van der Waals surface area (Å²) in [6, 6.07) is 14.5. The van der Waals surface area contributed by atoms with Crippen molar-refractivity contribution in [2.24, 2.45) is 0 Å². The number of nitrogens with one attached hydrogen (secondary N) is 2. The Morgan fingerprint density at radius 2 is 1.64 bits per heavy atom. The lowest BCUT2D eigenvalue weighted by atomic mass is 10.2. The number of hydrogen-bond acceptors (Lipinski definition) is 6. The number of anilines is 4. The molecule has 0 aliphatic rings. The molecule has 0 saturated carbocycles. The summed E-state index contributed by atoms with van der Waals surface area (Å²) >= 11 is 0. The van der Waals surface area contributed by atoms with E-state index in [1.165, 1.54) is 25.6 Å². The molecule has 0 radical (unpaired) electrons. The van der Waals surface area contributed by atoms with Crippen molar-refractivity contribution in [3.8, 4) is 0 Å². The fraction of sp³-hybridized carbons (Fsp3) is 0.0556. The van der Waals surface area contributed by atoms with E-state index in [1.54, 1.807) is 36.4 Å². The quantitative estimate of drug-likeness (QED) is 0.687. The first-order valence-corrected chi connectivity index (χ1v) is 7.44. The first-order valence-electron chi connectivity index (χ1n) is 7.44. The Hall–Kier alpha value is -3.48. The highest BCUT2D eigenvalue weighted by Gasteiger charge is 2.06. The van der Waals surface area contributed by atoms with E-state index >= 15 is 0 Å². The van der Waals surface area contributed by atoms with E-state index in [1.807, 2.05) is 6.07 Å². The molecule has 2 N–H and O–H groups in total. The summed E-state index contributed by atoms with van der Waals surface area (Å²) < 4.78 is 17.7. The van der Waals surface area contributed by atoms with Gasteiger partial charge in [0.1, 0.15) is 23.8 Å². The van der Waals surface area contributed by atoms with Crippen LogP contribution in [0.2, 0.25) is 0 Å². The SMILES string of the molecule is COC(=O)c1cccc(Nc2cc(Nc3ccc(F)cc3)ncn2)c1. The lowest BCUT2D eigenvalue weighted by Gasteiger charge is -2.09. The number of methoxy groups -OCH3 is 1. The van der Waals surface area contributed by atoms with Crippen molar-refractivity contribution in [1.82, 2.24) is 9.97 Å². The number of carbonyl (C=O) groups excluding carboxylic acids is 1. The van der Waals surface area contributed by atoms with Crippen LogP contribution in [-0.2, 0) is 4.74 Å². The zero-order valence-electron chi connectivity index (χ0n) is 13.4. The van der Waals surface area contributed by atoms with Crippen molar-refractivity contribution in [2.75, 3.05) is 17.7 Å². The highest BCUT2D eigenvalue weighted by molar-refractivity contribution is 5.90. The summed E-state index contributed by atoms with van der Waals surface area (Å²) in [5, 5.41) is 6.16. The van der Waals surface area contributed by atoms with Crippen LogP contribution in [0.1, 0.15) is 10.4 Å². The minimum Gasteiger partial charge on any atom is -0.465 e. The van der Waals surface area contributed by atoms with Gasteiger partial charge in [0.25, 0.3) is 0 Å². The summed E-state index contributed by atoms with van der Waals surface area (Å²) in [7, 11) is 1.33. The Labute approximate surface area is 143 Å². The van der Waals surface area contributed by atoms with Crippen LogP contribution in [0.15, 0.2) is 60.9 Å². The summed E-state index contributed by atoms with van der Waals surface area (Å²) in [5.41, 5.74) is 1.83. The first kappa shape index (κ1) is 16.4. The summed E-state index contributed by atoms with van der Waals surface area (Å²) in [4.78, 5) is 19.9. The number of nitrogens with zero attached hydrogens (tertiary/aromatic N) is 2. The Kier molecular flexibility index (Phi) is 4.84. The highest BCUT2D eigenvalue weighted by Crippen LogP contribution is 2.20. The third-order valence-electron chi connectivity index (χ3n) is 3.34. The maximum atomic E-state index is 13.0. The lowest BCUT2D eigenvalue weighted by Crippen LogP contribution is -2.02. The second kappa shape index (κ2) is 7.39. The fourth-order valence-corrected chi connectivity index (χ4v) is 2.16. The molecule has 2 aromatic carbocycles. The predicted molar refractivity (Wildman–Crippen MR) is 92.8 cm³/mol. The fourth-order valence-electron chi connectivity index (χ4n) is 2.16. The number of rotatable bonds is 5. The third-order valence-corrected chi connectivity index (χ3v) is 3.34. The number of benzene rings is 2. The van der Waals surface area contributed by atoms with Crippen molar-refractivity contribution < 1.29 is 13.9 Å². The van der Waals surface area contributed by atoms with Crippen LogP contribution in [0.5, 0.6) is 0 Å². The van der Waals surface area contributed by atoms with E-state index in [-0.39, 0.29) is 5.82 Å². The molecule has 0 saturated heterocycles. The predicted octanol–water partition coefficient (Wildman–Crippen LogP) is 3.89. The van der Waals surface area contributed by atoms with Crippen LogP contribution in [0.25, 0.3) is 0 Å². The second-order valence-corrected chi connectivity index (χ2v) is 5.12. The van der Waals surface area contributed by atoms with Gasteiger partial charge in [-0.2, -0.15) is 0 Å². The van der Waals surface area contributed by atoms with Crippen molar-refractivity contribution in [3.63, 3.8) is 0 Å². The van der Waals surface area contributed by atoms with Crippen LogP contribution in [0, 0.1) is 5.82 Å². The molecule has 0 fully saturated rings. The van der Waals surface area contributed by atoms with Crippen LogP contribution < -0.4 is 10.6 Å². The monoisotopic (exact) mass is 338 g/mol. The van der Waals surface area contributed by atoms with E-state index in [4.69, 9.17) is 4.74 Å². The Morgan fingerprint density at radius 3 is 2.32 bits per heavy atom. The highest BCUT2D eigenvalue weighted by atomic mass is 19.1. The smallest absolute Gasteiger partial charge is 0.337 e. The molecule has 7 heteroatoms. The standard InChI is InChI=1S/C18H15FN4O2/c1-25-18(24)12-3-2-4-15(9-12)23-17-10-16(20-11-21-17)22-14-7-5-13(19)6-8-14/h2-11H,1H3,(H2,20,21,22,23). The van der Waals surface area contributed by atoms with Crippen LogP contribution in [-0.4, -0.2) is 23.0 Å². The van der Waals surface area contributed by atoms with Gasteiger partial charge < -0.3 is 15.4 Å². The molecule has 0 aliphatic heterocycles. The second-order valence-electron chi connectivity index (χ2n) is 5.12. The average Bonchev–Trinajstić information content (AvgIpc) is 2.63. The number of hydrogen-bond donors (Lipinski definition) is 2. The molecule has 0 amide bonds. The van der Waals surface area contributed by atoms with E-state index < -0.39 is 5.97 Å². The van der Waals surface area contributed by atoms with Gasteiger partial charge in [-0.05, 0) is 42.5 Å². The van der Waals surface area contributed by atoms with Gasteiger partial charge in [0.2, 0.25) is 0 Å². The lowest BCUT2D eigenvalue weighted by molar-refractivity contribution is 0.0601. The van der Waals surface area contributed by atoms with Gasteiger partial charge in [0, 0.05) is 17.4 Å². The normalized spacial score (nSPS) is 10.2. The number of ether oxygens (including phenoxy) is 1. The van der Waals surface area contributed by atoms with Gasteiger partial charge in [-0.25, -0.2) is 19.2 Å². The van der Waals surface area contributed by atoms with Gasteiger partial charge in [-0.3, -0.25) is 0 Å². The molecule has 126 valence electrons. The Balaban J connectivity index is 1.75. The minimum absolute atomic E-state index is 0.305. The van der Waals surface area contributed by atoms with E-state index in [0.29, 0.717) is 28.6 Å². The molecule has 3 rings (SSSR count). The van der Waals surface area contributed by atoms with Crippen LogP contribution >= 0.6 is 0 Å². The molecular formula is C18H15FN4O2. The van der Waals surface area contributed by atoms with Crippen molar-refractivity contribution in [1.29, 1.82) is 0 Å². The van der Waals surface area contributed by atoms with Gasteiger partial charge in [-0.15, -0.1) is 0 Å².